The van der Waals surface area contributed by atoms with E-state index < -0.39 is 38.9 Å². The van der Waals surface area contributed by atoms with E-state index in [2.05, 4.69) is 20.4 Å². The van der Waals surface area contributed by atoms with Gasteiger partial charge in [-0.3, -0.25) is 9.59 Å². The molecule has 4 aromatic rings. The van der Waals surface area contributed by atoms with E-state index in [4.69, 9.17) is 9.47 Å². The summed E-state index contributed by atoms with van der Waals surface area (Å²) in [5.74, 6) is -0.494. The third-order valence-corrected chi connectivity index (χ3v) is 6.33. The van der Waals surface area contributed by atoms with E-state index in [1.54, 1.807) is 22.9 Å². The first kappa shape index (κ1) is 30.0. The molecular formula is C25H24F3N7O6S. The van der Waals surface area contributed by atoms with Crippen LogP contribution in [0.1, 0.15) is 21.7 Å². The fourth-order valence-electron chi connectivity index (χ4n) is 3.88. The van der Waals surface area contributed by atoms with Gasteiger partial charge in [-0.05, 0) is 19.1 Å². The second-order valence-corrected chi connectivity index (χ2v) is 10.7. The van der Waals surface area contributed by atoms with E-state index in [9.17, 15) is 31.2 Å². The van der Waals surface area contributed by atoms with E-state index in [1.807, 2.05) is 0 Å². The molecular weight excluding hydrogens is 583 g/mol. The Kier molecular flexibility index (Phi) is 7.98. The van der Waals surface area contributed by atoms with Crippen molar-refractivity contribution in [1.82, 2.24) is 29.0 Å². The van der Waals surface area contributed by atoms with Crippen LogP contribution >= 0.6 is 0 Å². The highest BCUT2D eigenvalue weighted by molar-refractivity contribution is 7.89. The predicted octanol–water partition coefficient (Wildman–Crippen LogP) is 2.81. The third kappa shape index (κ3) is 6.51. The normalized spacial score (nSPS) is 11.7. The van der Waals surface area contributed by atoms with Gasteiger partial charge in [-0.25, -0.2) is 22.8 Å². The Labute approximate surface area is 237 Å². The highest BCUT2D eigenvalue weighted by Crippen LogP contribution is 2.33. The van der Waals surface area contributed by atoms with Crippen LogP contribution in [0.15, 0.2) is 47.5 Å². The number of hydrogen-bond donors (Lipinski definition) is 2. The zero-order valence-corrected chi connectivity index (χ0v) is 23.6. The lowest BCUT2D eigenvalue weighted by atomic mass is 10.1. The Bertz CT molecular complexity index is 1830. The summed E-state index contributed by atoms with van der Waals surface area (Å²) in [7, 11) is 0.218. The van der Waals surface area contributed by atoms with E-state index in [-0.39, 0.29) is 28.6 Å². The maximum atomic E-state index is 13.5. The number of methoxy groups -OCH3 is 2. The van der Waals surface area contributed by atoms with Gasteiger partial charge in [0.2, 0.25) is 16.0 Å². The number of sulfonamides is 1. The number of halogens is 3. The molecule has 222 valence electrons. The number of amides is 1. The third-order valence-electron chi connectivity index (χ3n) is 5.77. The van der Waals surface area contributed by atoms with Crippen LogP contribution in [-0.2, 0) is 23.2 Å². The molecule has 0 spiro atoms. The monoisotopic (exact) mass is 607 g/mol. The Morgan fingerprint density at radius 2 is 1.69 bits per heavy atom. The SMILES string of the molecule is COc1cc(Nc2ncc(-c3cc(C(=O)NS(C)(=O)=O)c(=O)n(C)c3)c(-n3nc(C(F)(F)F)cc3C)n2)cc(OC)c1. The van der Waals surface area contributed by atoms with Gasteiger partial charge in [0.15, 0.2) is 11.5 Å². The van der Waals surface area contributed by atoms with Gasteiger partial charge in [-0.15, -0.1) is 0 Å². The van der Waals surface area contributed by atoms with Crippen LogP contribution in [0.2, 0.25) is 0 Å². The number of hydrogen-bond acceptors (Lipinski definition) is 10. The number of anilines is 2. The van der Waals surface area contributed by atoms with Crippen molar-refractivity contribution >= 4 is 27.6 Å². The summed E-state index contributed by atoms with van der Waals surface area (Å²) in [6.07, 6.45) is -1.46. The van der Waals surface area contributed by atoms with Crippen molar-refractivity contribution in [3.63, 3.8) is 0 Å². The quantitative estimate of drug-likeness (QED) is 0.305. The highest BCUT2D eigenvalue weighted by atomic mass is 32.2. The lowest BCUT2D eigenvalue weighted by Gasteiger charge is -2.15. The lowest BCUT2D eigenvalue weighted by molar-refractivity contribution is -0.141. The van der Waals surface area contributed by atoms with Crippen molar-refractivity contribution in [3.05, 3.63) is 70.0 Å². The largest absolute Gasteiger partial charge is 0.497 e. The molecule has 13 nitrogen and oxygen atoms in total. The molecule has 0 saturated heterocycles. The molecule has 3 heterocycles. The zero-order valence-electron chi connectivity index (χ0n) is 22.8. The summed E-state index contributed by atoms with van der Waals surface area (Å²) in [5, 5.41) is 6.64. The van der Waals surface area contributed by atoms with Crippen LogP contribution in [0.25, 0.3) is 16.9 Å². The van der Waals surface area contributed by atoms with Crippen LogP contribution in [0.5, 0.6) is 11.5 Å². The van der Waals surface area contributed by atoms with Gasteiger partial charge >= 0.3 is 6.18 Å². The fourth-order valence-corrected chi connectivity index (χ4v) is 4.33. The second-order valence-electron chi connectivity index (χ2n) is 9.00. The van der Waals surface area contributed by atoms with Crippen molar-refractivity contribution in [2.75, 3.05) is 25.8 Å². The number of ether oxygens (including phenoxy) is 2. The average Bonchev–Trinajstić information content (AvgIpc) is 3.31. The number of nitrogens with zero attached hydrogens (tertiary/aromatic N) is 5. The zero-order chi connectivity index (χ0) is 31.0. The molecule has 0 aliphatic rings. The summed E-state index contributed by atoms with van der Waals surface area (Å²) in [5.41, 5.74) is -1.84. The maximum Gasteiger partial charge on any atom is 0.435 e. The van der Waals surface area contributed by atoms with Gasteiger partial charge in [0, 0.05) is 60.1 Å². The van der Waals surface area contributed by atoms with Gasteiger partial charge in [0.05, 0.1) is 20.5 Å². The van der Waals surface area contributed by atoms with Crippen molar-refractivity contribution in [2.24, 2.45) is 7.05 Å². The number of aromatic nitrogens is 5. The number of nitrogens with one attached hydrogen (secondary N) is 2. The molecule has 0 aliphatic carbocycles. The molecule has 0 fully saturated rings. The minimum atomic E-state index is -4.75. The van der Waals surface area contributed by atoms with Gasteiger partial charge < -0.3 is 19.4 Å². The van der Waals surface area contributed by atoms with Gasteiger partial charge in [-0.1, -0.05) is 0 Å². The van der Waals surface area contributed by atoms with Crippen LogP contribution < -0.4 is 25.1 Å². The molecule has 1 amide bonds. The van der Waals surface area contributed by atoms with Crippen molar-refractivity contribution in [3.8, 4) is 28.4 Å². The number of aryl methyl sites for hydroxylation is 2. The van der Waals surface area contributed by atoms with Crippen LogP contribution in [0.3, 0.4) is 0 Å². The van der Waals surface area contributed by atoms with E-state index in [0.29, 0.717) is 17.2 Å². The minimum absolute atomic E-state index is 0.0487. The maximum absolute atomic E-state index is 13.5. The van der Waals surface area contributed by atoms with Crippen LogP contribution in [-0.4, -0.2) is 59.1 Å². The van der Waals surface area contributed by atoms with Crippen molar-refractivity contribution in [2.45, 2.75) is 13.1 Å². The second kappa shape index (κ2) is 11.2. The molecule has 0 unspecified atom stereocenters. The van der Waals surface area contributed by atoms with Crippen molar-refractivity contribution < 1.29 is 35.9 Å². The summed E-state index contributed by atoms with van der Waals surface area (Å²) in [6, 6.07) is 6.77. The molecule has 4 rings (SSSR count). The summed E-state index contributed by atoms with van der Waals surface area (Å²) in [6.45, 7) is 1.39. The number of carbonyl (C=O) groups excluding carboxylic acids is 1. The summed E-state index contributed by atoms with van der Waals surface area (Å²) < 4.78 is 78.0. The molecule has 0 radical (unpaired) electrons. The molecule has 1 aromatic carbocycles. The Morgan fingerprint density at radius 3 is 2.24 bits per heavy atom. The van der Waals surface area contributed by atoms with Crippen LogP contribution in [0, 0.1) is 6.92 Å². The first-order valence-electron chi connectivity index (χ1n) is 11.8. The topological polar surface area (TPSA) is 159 Å². The van der Waals surface area contributed by atoms with Gasteiger partial charge in [0.25, 0.3) is 11.5 Å². The molecule has 0 bridgehead atoms. The minimum Gasteiger partial charge on any atom is -0.497 e. The average molecular weight is 608 g/mol. The first-order valence-corrected chi connectivity index (χ1v) is 13.7. The number of alkyl halides is 3. The van der Waals surface area contributed by atoms with E-state index in [1.165, 1.54) is 40.6 Å². The summed E-state index contributed by atoms with van der Waals surface area (Å²) in [4.78, 5) is 33.9. The molecule has 0 saturated carbocycles. The lowest BCUT2D eigenvalue weighted by Crippen LogP contribution is -2.35. The Balaban J connectivity index is 1.92. The molecule has 2 N–H and O–H groups in total. The highest BCUT2D eigenvalue weighted by Gasteiger charge is 2.35. The molecule has 0 aliphatic heterocycles. The van der Waals surface area contributed by atoms with Crippen LogP contribution in [0.4, 0.5) is 24.8 Å². The van der Waals surface area contributed by atoms with Gasteiger partial charge in [0.1, 0.15) is 17.1 Å². The molecule has 42 heavy (non-hydrogen) atoms. The van der Waals surface area contributed by atoms with Crippen molar-refractivity contribution in [1.29, 1.82) is 0 Å². The number of pyridine rings is 1. The Hall–Kier alpha value is -4.93. The number of carbonyl (C=O) groups is 1. The molecule has 3 aromatic heterocycles. The Morgan fingerprint density at radius 1 is 1.05 bits per heavy atom. The number of rotatable bonds is 8. The predicted molar refractivity (Wildman–Crippen MR) is 145 cm³/mol. The first-order chi connectivity index (χ1) is 19.6. The smallest absolute Gasteiger partial charge is 0.435 e. The van der Waals surface area contributed by atoms with Gasteiger partial charge in [-0.2, -0.15) is 23.3 Å². The van der Waals surface area contributed by atoms with E-state index >= 15 is 0 Å². The standard InChI is InChI=1S/C25H24F3N7O6S/c1-13-6-20(25(26,27)28)32-35(13)21-19(14-7-18(23(37)34(2)12-14)22(36)33-42(5,38)39)11-29-24(31-21)30-15-8-16(40-3)10-17(9-15)41-4/h6-12H,1-5H3,(H,33,36)(H,29,30,31). The molecule has 17 heteroatoms. The fraction of sp³-hybridized carbons (Fsp3) is 0.240. The summed E-state index contributed by atoms with van der Waals surface area (Å²) >= 11 is 0. The molecule has 0 atom stereocenters. The number of benzene rings is 1. The van der Waals surface area contributed by atoms with E-state index in [0.717, 1.165) is 27.6 Å².